The highest BCUT2D eigenvalue weighted by Gasteiger charge is 1.79. The number of allylic oxidation sites excluding steroid dienone is 2. The van der Waals surface area contributed by atoms with Crippen molar-refractivity contribution >= 4 is 0 Å². The second-order valence-corrected chi connectivity index (χ2v) is 1.39. The summed E-state index contributed by atoms with van der Waals surface area (Å²) < 4.78 is 0. The van der Waals surface area contributed by atoms with Crippen LogP contribution >= 0.6 is 0 Å². The Bertz CT molecular complexity index is 116. The van der Waals surface area contributed by atoms with Crippen molar-refractivity contribution in [3.05, 3.63) is 37.0 Å². The molecule has 1 heteroatoms. The van der Waals surface area contributed by atoms with Gasteiger partial charge >= 0.3 is 0 Å². The van der Waals surface area contributed by atoms with E-state index in [9.17, 15) is 0 Å². The van der Waals surface area contributed by atoms with Crippen molar-refractivity contribution in [1.29, 1.82) is 0 Å². The van der Waals surface area contributed by atoms with E-state index in [1.807, 2.05) is 6.08 Å². The maximum Gasteiger partial charge on any atom is 0.0177 e. The van der Waals surface area contributed by atoms with Gasteiger partial charge in [-0.25, -0.2) is 0 Å². The lowest BCUT2D eigenvalue weighted by Gasteiger charge is -1.89. The lowest BCUT2D eigenvalue weighted by Crippen LogP contribution is -1.99. The van der Waals surface area contributed by atoms with Crippen LogP contribution in [0.15, 0.2) is 37.0 Å². The van der Waals surface area contributed by atoms with Crippen molar-refractivity contribution in [2.24, 2.45) is 5.73 Å². The Hall–Kier alpha value is -0.820. The maximum absolute atomic E-state index is 5.28. The molecule has 0 aromatic heterocycles. The molecule has 0 spiro atoms. The zero-order valence-corrected chi connectivity index (χ0v) is 4.93. The van der Waals surface area contributed by atoms with E-state index in [1.165, 1.54) is 0 Å². The van der Waals surface area contributed by atoms with Crippen LogP contribution in [0, 0.1) is 0 Å². The summed E-state index contributed by atoms with van der Waals surface area (Å²) in [5.74, 6) is 0. The topological polar surface area (TPSA) is 26.0 Å². The van der Waals surface area contributed by atoms with Crippen LogP contribution in [0.1, 0.15) is 1.43 Å². The average Bonchev–Trinajstić information content (AvgIpc) is 1.83. The molecule has 0 aliphatic carbocycles. The second-order valence-electron chi connectivity index (χ2n) is 1.39. The van der Waals surface area contributed by atoms with Crippen LogP contribution in [0.25, 0.3) is 0 Å². The summed E-state index contributed by atoms with van der Waals surface area (Å²) in [5.41, 5.74) is 6.30. The fraction of sp³-hybridized carbons (Fsp3) is 0.143. The summed E-state index contributed by atoms with van der Waals surface area (Å²) in [4.78, 5) is 0. The molecule has 0 atom stereocenters. The molecule has 1 nitrogen and oxygen atoms in total. The molecule has 0 bridgehead atoms. The van der Waals surface area contributed by atoms with Crippen LogP contribution in [0.2, 0.25) is 0 Å². The first-order chi connectivity index (χ1) is 3.85. The zero-order chi connectivity index (χ0) is 6.41. The van der Waals surface area contributed by atoms with E-state index in [0.717, 1.165) is 5.57 Å². The first-order valence-corrected chi connectivity index (χ1v) is 2.49. The number of nitrogens with two attached hydrogens (primary N) is 1. The van der Waals surface area contributed by atoms with Gasteiger partial charge < -0.3 is 5.73 Å². The minimum atomic E-state index is 0. The Morgan fingerprint density at radius 3 is 2.38 bits per heavy atom. The summed E-state index contributed by atoms with van der Waals surface area (Å²) in [6, 6.07) is 0. The third-order valence-electron chi connectivity index (χ3n) is 0.830. The molecule has 8 heavy (non-hydrogen) atoms. The first kappa shape index (κ1) is 7.18. The van der Waals surface area contributed by atoms with E-state index < -0.39 is 0 Å². The SMILES string of the molecule is C=C/C=C(\C=C)CN.[HH]. The maximum atomic E-state index is 5.28. The van der Waals surface area contributed by atoms with Crippen LogP contribution in [0.4, 0.5) is 0 Å². The van der Waals surface area contributed by atoms with Gasteiger partial charge in [0.15, 0.2) is 0 Å². The molecular formula is C7H13N. The normalized spacial score (nSPS) is 10.9. The van der Waals surface area contributed by atoms with Crippen LogP contribution in [0.5, 0.6) is 0 Å². The summed E-state index contributed by atoms with van der Waals surface area (Å²) in [7, 11) is 0. The van der Waals surface area contributed by atoms with Crippen LogP contribution < -0.4 is 5.73 Å². The molecule has 0 radical (unpaired) electrons. The van der Waals surface area contributed by atoms with Gasteiger partial charge in [0.25, 0.3) is 0 Å². The molecule has 0 aliphatic rings. The van der Waals surface area contributed by atoms with E-state index in [0.29, 0.717) is 6.54 Å². The highest BCUT2D eigenvalue weighted by molar-refractivity contribution is 5.21. The van der Waals surface area contributed by atoms with Crippen molar-refractivity contribution in [2.45, 2.75) is 0 Å². The Labute approximate surface area is 51.7 Å². The van der Waals surface area contributed by atoms with Crippen molar-refractivity contribution in [2.75, 3.05) is 6.54 Å². The van der Waals surface area contributed by atoms with Crippen molar-refractivity contribution in [1.82, 2.24) is 0 Å². The molecule has 0 fully saturated rings. The van der Waals surface area contributed by atoms with Gasteiger partial charge in [0.05, 0.1) is 0 Å². The van der Waals surface area contributed by atoms with E-state index in [4.69, 9.17) is 5.73 Å². The summed E-state index contributed by atoms with van der Waals surface area (Å²) in [5, 5.41) is 0. The molecule has 0 saturated carbocycles. The second kappa shape index (κ2) is 4.34. The molecule has 0 aromatic rings. The van der Waals surface area contributed by atoms with Gasteiger partial charge in [0.1, 0.15) is 0 Å². The Morgan fingerprint density at radius 1 is 1.62 bits per heavy atom. The smallest absolute Gasteiger partial charge is 0.0177 e. The van der Waals surface area contributed by atoms with Crippen LogP contribution in [0.3, 0.4) is 0 Å². The standard InChI is InChI=1S/C7H11N.H2/c1-3-5-7(4-2)6-8;/h3-5H,1-2,6,8H2;1H/b7-5+;. The van der Waals surface area contributed by atoms with Gasteiger partial charge in [-0.05, 0) is 5.57 Å². The number of rotatable bonds is 3. The van der Waals surface area contributed by atoms with Crippen molar-refractivity contribution in [3.8, 4) is 0 Å². The minimum absolute atomic E-state index is 0. The average molecular weight is 111 g/mol. The minimum Gasteiger partial charge on any atom is -0.326 e. The quantitative estimate of drug-likeness (QED) is 0.548. The van der Waals surface area contributed by atoms with Gasteiger partial charge in [-0.1, -0.05) is 31.4 Å². The zero-order valence-electron chi connectivity index (χ0n) is 4.93. The molecule has 0 unspecified atom stereocenters. The molecule has 46 valence electrons. The Morgan fingerprint density at radius 2 is 2.25 bits per heavy atom. The van der Waals surface area contributed by atoms with E-state index in [-0.39, 0.29) is 1.43 Å². The predicted molar refractivity (Wildman–Crippen MR) is 39.6 cm³/mol. The first-order valence-electron chi connectivity index (χ1n) is 2.49. The Kier molecular flexibility index (Phi) is 3.90. The monoisotopic (exact) mass is 111 g/mol. The van der Waals surface area contributed by atoms with Gasteiger partial charge in [-0.3, -0.25) is 0 Å². The number of hydrogen-bond acceptors (Lipinski definition) is 1. The third-order valence-corrected chi connectivity index (χ3v) is 0.830. The van der Waals surface area contributed by atoms with Gasteiger partial charge in [0, 0.05) is 7.97 Å². The molecule has 0 aliphatic heterocycles. The van der Waals surface area contributed by atoms with Gasteiger partial charge in [0.2, 0.25) is 0 Å². The lowest BCUT2D eigenvalue weighted by molar-refractivity contribution is 1.19. The molecular weight excluding hydrogens is 98.1 g/mol. The molecule has 0 aromatic carbocycles. The van der Waals surface area contributed by atoms with E-state index >= 15 is 0 Å². The van der Waals surface area contributed by atoms with Crippen molar-refractivity contribution < 1.29 is 1.43 Å². The lowest BCUT2D eigenvalue weighted by atomic mass is 10.2. The van der Waals surface area contributed by atoms with Gasteiger partial charge in [-0.2, -0.15) is 0 Å². The van der Waals surface area contributed by atoms with Crippen LogP contribution in [-0.2, 0) is 0 Å². The molecule has 2 N–H and O–H groups in total. The van der Waals surface area contributed by atoms with Crippen LogP contribution in [-0.4, -0.2) is 6.54 Å². The fourth-order valence-electron chi connectivity index (χ4n) is 0.371. The summed E-state index contributed by atoms with van der Waals surface area (Å²) in [6.07, 6.45) is 5.26. The largest absolute Gasteiger partial charge is 0.326 e. The predicted octanol–water partition coefficient (Wildman–Crippen LogP) is 1.49. The van der Waals surface area contributed by atoms with Gasteiger partial charge in [-0.15, -0.1) is 0 Å². The molecule has 0 rings (SSSR count). The summed E-state index contributed by atoms with van der Waals surface area (Å²) >= 11 is 0. The van der Waals surface area contributed by atoms with E-state index in [1.54, 1.807) is 12.2 Å². The molecule has 0 amide bonds. The molecule has 0 saturated heterocycles. The molecule has 0 heterocycles. The Balaban J connectivity index is 0. The number of hydrogen-bond donors (Lipinski definition) is 1. The highest BCUT2D eigenvalue weighted by Crippen LogP contribution is 1.90. The third kappa shape index (κ3) is 2.37. The summed E-state index contributed by atoms with van der Waals surface area (Å²) in [6.45, 7) is 7.61. The highest BCUT2D eigenvalue weighted by atomic mass is 14.5. The van der Waals surface area contributed by atoms with E-state index in [2.05, 4.69) is 13.2 Å². The van der Waals surface area contributed by atoms with Crippen molar-refractivity contribution in [3.63, 3.8) is 0 Å². The fourth-order valence-corrected chi connectivity index (χ4v) is 0.371.